The average molecular weight is 237 g/mol. The maximum absolute atomic E-state index is 5.29. The first kappa shape index (κ1) is 12.6. The van der Waals surface area contributed by atoms with Crippen molar-refractivity contribution in [1.82, 2.24) is 14.9 Å². The molecule has 1 saturated heterocycles. The van der Waals surface area contributed by atoms with Gasteiger partial charge in [-0.3, -0.25) is 0 Å². The third kappa shape index (κ3) is 2.87. The summed E-state index contributed by atoms with van der Waals surface area (Å²) < 4.78 is 7.58. The normalized spacial score (nSPS) is 22.6. The molecule has 0 aromatic carbocycles. The SMILES string of the molecule is CCC(COC)n1cncc1C1CCCCN1. The second-order valence-electron chi connectivity index (χ2n) is 4.75. The zero-order chi connectivity index (χ0) is 12.1. The fraction of sp³-hybridized carbons (Fsp3) is 0.769. The third-order valence-corrected chi connectivity index (χ3v) is 3.59. The fourth-order valence-electron chi connectivity index (χ4n) is 2.58. The van der Waals surface area contributed by atoms with E-state index in [1.165, 1.54) is 25.0 Å². The molecule has 0 bridgehead atoms. The average Bonchev–Trinajstić information content (AvgIpc) is 2.86. The highest BCUT2D eigenvalue weighted by atomic mass is 16.5. The number of methoxy groups -OCH3 is 1. The van der Waals surface area contributed by atoms with E-state index in [-0.39, 0.29) is 0 Å². The van der Waals surface area contributed by atoms with E-state index in [4.69, 9.17) is 4.74 Å². The molecule has 4 nitrogen and oxygen atoms in total. The molecular formula is C13H23N3O. The van der Waals surface area contributed by atoms with Crippen LogP contribution in [0.3, 0.4) is 0 Å². The minimum absolute atomic E-state index is 0.404. The van der Waals surface area contributed by atoms with Gasteiger partial charge in [0, 0.05) is 19.3 Å². The highest BCUT2D eigenvalue weighted by Crippen LogP contribution is 2.25. The Morgan fingerprint density at radius 3 is 3.12 bits per heavy atom. The van der Waals surface area contributed by atoms with Gasteiger partial charge in [-0.25, -0.2) is 4.98 Å². The van der Waals surface area contributed by atoms with Crippen molar-refractivity contribution in [3.63, 3.8) is 0 Å². The number of rotatable bonds is 5. The number of nitrogens with one attached hydrogen (secondary N) is 1. The first-order valence-corrected chi connectivity index (χ1v) is 6.60. The first-order valence-electron chi connectivity index (χ1n) is 6.60. The monoisotopic (exact) mass is 237 g/mol. The Bertz CT molecular complexity index is 312. The van der Waals surface area contributed by atoms with Crippen LogP contribution in [0.4, 0.5) is 0 Å². The van der Waals surface area contributed by atoms with Crippen molar-refractivity contribution in [2.24, 2.45) is 0 Å². The molecule has 2 heterocycles. The predicted molar refractivity (Wildman–Crippen MR) is 68.0 cm³/mol. The molecule has 0 amide bonds. The van der Waals surface area contributed by atoms with E-state index in [0.717, 1.165) is 19.6 Å². The van der Waals surface area contributed by atoms with E-state index in [0.29, 0.717) is 12.1 Å². The summed E-state index contributed by atoms with van der Waals surface area (Å²) in [7, 11) is 1.76. The molecule has 1 aliphatic heterocycles. The predicted octanol–water partition coefficient (Wildman–Crippen LogP) is 2.30. The van der Waals surface area contributed by atoms with Crippen molar-refractivity contribution in [2.45, 2.75) is 44.7 Å². The van der Waals surface area contributed by atoms with E-state index in [2.05, 4.69) is 21.8 Å². The van der Waals surface area contributed by atoms with Gasteiger partial charge >= 0.3 is 0 Å². The second-order valence-corrected chi connectivity index (χ2v) is 4.75. The minimum atomic E-state index is 0.404. The standard InChI is InChI=1S/C13H23N3O/c1-3-11(9-17-2)16-10-14-8-13(16)12-6-4-5-7-15-12/h8,10-12,15H,3-7,9H2,1-2H3. The van der Waals surface area contributed by atoms with Gasteiger partial charge in [0.25, 0.3) is 0 Å². The molecule has 1 fully saturated rings. The molecule has 1 aliphatic rings. The van der Waals surface area contributed by atoms with Crippen LogP contribution in [0.15, 0.2) is 12.5 Å². The van der Waals surface area contributed by atoms with Crippen molar-refractivity contribution in [2.75, 3.05) is 20.3 Å². The number of hydrogen-bond acceptors (Lipinski definition) is 3. The third-order valence-electron chi connectivity index (χ3n) is 3.59. The molecule has 0 saturated carbocycles. The van der Waals surface area contributed by atoms with Gasteiger partial charge in [-0.1, -0.05) is 13.3 Å². The second kappa shape index (κ2) is 6.17. The van der Waals surface area contributed by atoms with Crippen LogP contribution in [0.2, 0.25) is 0 Å². The zero-order valence-electron chi connectivity index (χ0n) is 10.9. The number of aromatic nitrogens is 2. The lowest BCUT2D eigenvalue weighted by molar-refractivity contribution is 0.150. The van der Waals surface area contributed by atoms with Gasteiger partial charge in [-0.15, -0.1) is 0 Å². The van der Waals surface area contributed by atoms with Crippen LogP contribution in [0.1, 0.15) is 50.4 Å². The summed E-state index contributed by atoms with van der Waals surface area (Å²) in [6.07, 6.45) is 8.84. The largest absolute Gasteiger partial charge is 0.383 e. The summed E-state index contributed by atoms with van der Waals surface area (Å²) in [5.41, 5.74) is 1.31. The van der Waals surface area contributed by atoms with Gasteiger partial charge in [0.2, 0.25) is 0 Å². The summed E-state index contributed by atoms with van der Waals surface area (Å²) in [6, 6.07) is 0.874. The smallest absolute Gasteiger partial charge is 0.0952 e. The molecule has 0 spiro atoms. The summed E-state index contributed by atoms with van der Waals surface area (Å²) in [5, 5.41) is 3.58. The molecule has 96 valence electrons. The molecule has 1 N–H and O–H groups in total. The van der Waals surface area contributed by atoms with Gasteiger partial charge in [0.15, 0.2) is 0 Å². The Hall–Kier alpha value is -0.870. The quantitative estimate of drug-likeness (QED) is 0.854. The lowest BCUT2D eigenvalue weighted by Gasteiger charge is -2.27. The fourth-order valence-corrected chi connectivity index (χ4v) is 2.58. The van der Waals surface area contributed by atoms with Crippen molar-refractivity contribution in [3.05, 3.63) is 18.2 Å². The topological polar surface area (TPSA) is 39.1 Å². The lowest BCUT2D eigenvalue weighted by Crippen LogP contribution is -2.29. The Labute approximate surface area is 103 Å². The molecule has 17 heavy (non-hydrogen) atoms. The summed E-state index contributed by atoms with van der Waals surface area (Å²) in [5.74, 6) is 0. The number of piperidine rings is 1. The van der Waals surface area contributed by atoms with E-state index >= 15 is 0 Å². The maximum Gasteiger partial charge on any atom is 0.0952 e. The molecule has 2 rings (SSSR count). The van der Waals surface area contributed by atoms with Gasteiger partial charge in [0.05, 0.1) is 24.7 Å². The summed E-state index contributed by atoms with van der Waals surface area (Å²) in [6.45, 7) is 4.07. The highest BCUT2D eigenvalue weighted by Gasteiger charge is 2.21. The zero-order valence-corrected chi connectivity index (χ0v) is 10.9. The molecular weight excluding hydrogens is 214 g/mol. The van der Waals surface area contributed by atoms with Crippen molar-refractivity contribution in [3.8, 4) is 0 Å². The molecule has 1 aromatic heterocycles. The highest BCUT2D eigenvalue weighted by molar-refractivity contribution is 5.08. The van der Waals surface area contributed by atoms with Crippen molar-refractivity contribution >= 4 is 0 Å². The van der Waals surface area contributed by atoms with Crippen molar-refractivity contribution < 1.29 is 4.74 Å². The van der Waals surface area contributed by atoms with Crippen LogP contribution in [0.25, 0.3) is 0 Å². The summed E-state index contributed by atoms with van der Waals surface area (Å²) in [4.78, 5) is 4.32. The Balaban J connectivity index is 2.14. The van der Waals surface area contributed by atoms with Gasteiger partial charge < -0.3 is 14.6 Å². The molecule has 0 aliphatic carbocycles. The maximum atomic E-state index is 5.29. The number of ether oxygens (including phenoxy) is 1. The number of imidazole rings is 1. The van der Waals surface area contributed by atoms with Crippen LogP contribution in [-0.4, -0.2) is 29.8 Å². The van der Waals surface area contributed by atoms with Gasteiger partial charge in [0.1, 0.15) is 0 Å². The Morgan fingerprint density at radius 1 is 1.59 bits per heavy atom. The molecule has 1 aromatic rings. The van der Waals surface area contributed by atoms with E-state index in [9.17, 15) is 0 Å². The number of nitrogens with zero attached hydrogens (tertiary/aromatic N) is 2. The van der Waals surface area contributed by atoms with Gasteiger partial charge in [-0.05, 0) is 25.8 Å². The van der Waals surface area contributed by atoms with E-state index < -0.39 is 0 Å². The minimum Gasteiger partial charge on any atom is -0.383 e. The Morgan fingerprint density at radius 2 is 2.47 bits per heavy atom. The number of hydrogen-bond donors (Lipinski definition) is 1. The summed E-state index contributed by atoms with van der Waals surface area (Å²) >= 11 is 0. The van der Waals surface area contributed by atoms with Crippen LogP contribution >= 0.6 is 0 Å². The first-order chi connectivity index (χ1) is 8.36. The Kier molecular flexibility index (Phi) is 4.57. The van der Waals surface area contributed by atoms with Crippen molar-refractivity contribution in [1.29, 1.82) is 0 Å². The molecule has 4 heteroatoms. The molecule has 0 radical (unpaired) electrons. The van der Waals surface area contributed by atoms with Gasteiger partial charge in [-0.2, -0.15) is 0 Å². The van der Waals surface area contributed by atoms with E-state index in [1.54, 1.807) is 7.11 Å². The van der Waals surface area contributed by atoms with Crippen LogP contribution in [-0.2, 0) is 4.74 Å². The van der Waals surface area contributed by atoms with Crippen LogP contribution in [0, 0.1) is 0 Å². The molecule has 2 unspecified atom stereocenters. The molecule has 2 atom stereocenters. The van der Waals surface area contributed by atoms with Crippen LogP contribution in [0.5, 0.6) is 0 Å². The van der Waals surface area contributed by atoms with E-state index in [1.807, 2.05) is 12.5 Å². The lowest BCUT2D eigenvalue weighted by atomic mass is 10.0. The van der Waals surface area contributed by atoms with Crippen LogP contribution < -0.4 is 5.32 Å².